The molecule has 0 radical (unpaired) electrons. The lowest BCUT2D eigenvalue weighted by Crippen LogP contribution is -2.25. The molecule has 0 fully saturated rings. The highest BCUT2D eigenvalue weighted by Gasteiger charge is 2.17. The number of aryl methyl sites for hydroxylation is 1. The Labute approximate surface area is 172 Å². The number of carbonyl (C=O) groups is 1. The van der Waals surface area contributed by atoms with E-state index in [0.29, 0.717) is 22.3 Å². The molecule has 146 valence electrons. The maximum absolute atomic E-state index is 13.0. The fourth-order valence-electron chi connectivity index (χ4n) is 3.01. The summed E-state index contributed by atoms with van der Waals surface area (Å²) in [6.45, 7) is 1.80. The highest BCUT2D eigenvalue weighted by Crippen LogP contribution is 2.27. The Kier molecular flexibility index (Phi) is 5.48. The minimum absolute atomic E-state index is 0.280. The average Bonchev–Trinajstić information content (AvgIpc) is 3.11. The predicted octanol–water partition coefficient (Wildman–Crippen LogP) is 4.42. The molecule has 29 heavy (non-hydrogen) atoms. The zero-order valence-electron chi connectivity index (χ0n) is 16.1. The van der Waals surface area contributed by atoms with E-state index >= 15 is 0 Å². The number of hydrogen-bond acceptors (Lipinski definition) is 5. The van der Waals surface area contributed by atoms with Crippen LogP contribution in [0.3, 0.4) is 0 Å². The van der Waals surface area contributed by atoms with Crippen LogP contribution in [0.1, 0.15) is 21.7 Å². The van der Waals surface area contributed by atoms with Crippen molar-refractivity contribution in [3.63, 3.8) is 0 Å². The number of methoxy groups -OCH3 is 1. The Morgan fingerprint density at radius 3 is 2.45 bits per heavy atom. The summed E-state index contributed by atoms with van der Waals surface area (Å²) in [6.07, 6.45) is 0. The fraction of sp³-hybridized carbons (Fsp3) is 0.136. The van der Waals surface area contributed by atoms with Crippen LogP contribution >= 0.6 is 11.8 Å². The Balaban J connectivity index is 1.59. The van der Waals surface area contributed by atoms with Crippen LogP contribution in [-0.2, 0) is 5.75 Å². The SMILES string of the molecule is COc1cc2ccccc2cc1C(=O)Nn1c(C)nnc1SCc1ccccc1. The second kappa shape index (κ2) is 8.36. The predicted molar refractivity (Wildman–Crippen MR) is 115 cm³/mol. The van der Waals surface area contributed by atoms with E-state index in [2.05, 4.69) is 27.8 Å². The first kappa shape index (κ1) is 19.0. The van der Waals surface area contributed by atoms with Crippen molar-refractivity contribution in [2.75, 3.05) is 12.5 Å². The first-order valence-corrected chi connectivity index (χ1v) is 10.1. The van der Waals surface area contributed by atoms with Crippen molar-refractivity contribution in [3.8, 4) is 5.75 Å². The van der Waals surface area contributed by atoms with Crippen LogP contribution in [0.5, 0.6) is 5.75 Å². The minimum atomic E-state index is -0.280. The molecule has 1 amide bonds. The summed E-state index contributed by atoms with van der Waals surface area (Å²) in [4.78, 5) is 13.0. The highest BCUT2D eigenvalue weighted by molar-refractivity contribution is 7.98. The number of rotatable bonds is 6. The largest absolute Gasteiger partial charge is 0.496 e. The second-order valence-electron chi connectivity index (χ2n) is 6.48. The number of hydrogen-bond donors (Lipinski definition) is 1. The summed E-state index contributed by atoms with van der Waals surface area (Å²) in [6, 6.07) is 21.7. The Morgan fingerprint density at radius 1 is 1.03 bits per heavy atom. The standard InChI is InChI=1S/C22H20N4O2S/c1-15-23-24-22(29-14-16-8-4-3-5-9-16)26(15)25-21(27)19-12-17-10-6-7-11-18(17)13-20(19)28-2/h3-13H,14H2,1-2H3,(H,25,27). The van der Waals surface area contributed by atoms with Gasteiger partial charge in [-0.25, -0.2) is 4.68 Å². The van der Waals surface area contributed by atoms with Gasteiger partial charge in [0.15, 0.2) is 0 Å². The molecule has 1 aromatic heterocycles. The molecule has 0 spiro atoms. The van der Waals surface area contributed by atoms with Crippen LogP contribution in [0.25, 0.3) is 10.8 Å². The number of benzene rings is 3. The fourth-order valence-corrected chi connectivity index (χ4v) is 3.91. The number of fused-ring (bicyclic) bond motifs is 1. The third-order valence-corrected chi connectivity index (χ3v) is 5.53. The van der Waals surface area contributed by atoms with E-state index in [1.54, 1.807) is 18.7 Å². The summed E-state index contributed by atoms with van der Waals surface area (Å²) < 4.78 is 7.07. The van der Waals surface area contributed by atoms with E-state index < -0.39 is 0 Å². The van der Waals surface area contributed by atoms with Gasteiger partial charge in [-0.3, -0.25) is 10.2 Å². The lowest BCUT2D eigenvalue weighted by molar-refractivity contribution is 0.100. The van der Waals surface area contributed by atoms with Gasteiger partial charge in [0.1, 0.15) is 11.6 Å². The third-order valence-electron chi connectivity index (χ3n) is 4.53. The van der Waals surface area contributed by atoms with Crippen LogP contribution in [-0.4, -0.2) is 27.9 Å². The van der Waals surface area contributed by atoms with Crippen molar-refractivity contribution < 1.29 is 9.53 Å². The maximum atomic E-state index is 13.0. The van der Waals surface area contributed by atoms with E-state index in [4.69, 9.17) is 4.74 Å². The van der Waals surface area contributed by atoms with Gasteiger partial charge in [-0.15, -0.1) is 10.2 Å². The number of amides is 1. The molecule has 1 heterocycles. The van der Waals surface area contributed by atoms with Crippen LogP contribution in [0.4, 0.5) is 0 Å². The van der Waals surface area contributed by atoms with Gasteiger partial charge in [0.2, 0.25) is 5.16 Å². The summed E-state index contributed by atoms with van der Waals surface area (Å²) in [5.41, 5.74) is 4.53. The Hall–Kier alpha value is -3.32. The minimum Gasteiger partial charge on any atom is -0.496 e. The van der Waals surface area contributed by atoms with Gasteiger partial charge in [0, 0.05) is 5.75 Å². The van der Waals surface area contributed by atoms with E-state index in [0.717, 1.165) is 16.5 Å². The van der Waals surface area contributed by atoms with Gasteiger partial charge in [-0.05, 0) is 35.4 Å². The molecule has 1 N–H and O–H groups in total. The average molecular weight is 404 g/mol. The second-order valence-corrected chi connectivity index (χ2v) is 7.42. The first-order valence-electron chi connectivity index (χ1n) is 9.12. The van der Waals surface area contributed by atoms with Crippen molar-refractivity contribution in [3.05, 3.63) is 83.7 Å². The number of aromatic nitrogens is 3. The van der Waals surface area contributed by atoms with E-state index in [1.165, 1.54) is 17.3 Å². The van der Waals surface area contributed by atoms with E-state index in [9.17, 15) is 4.79 Å². The van der Waals surface area contributed by atoms with Crippen LogP contribution in [0.15, 0.2) is 71.9 Å². The van der Waals surface area contributed by atoms with Crippen molar-refractivity contribution in [1.82, 2.24) is 14.9 Å². The molecule has 0 saturated heterocycles. The maximum Gasteiger partial charge on any atom is 0.274 e. The molecule has 4 rings (SSSR count). The monoisotopic (exact) mass is 404 g/mol. The highest BCUT2D eigenvalue weighted by atomic mass is 32.2. The lowest BCUT2D eigenvalue weighted by atomic mass is 10.1. The molecule has 0 aliphatic heterocycles. The molecule has 7 heteroatoms. The van der Waals surface area contributed by atoms with Gasteiger partial charge in [-0.2, -0.15) is 0 Å². The quantitative estimate of drug-likeness (QED) is 0.482. The number of ether oxygens (including phenoxy) is 1. The van der Waals surface area contributed by atoms with E-state index in [1.807, 2.05) is 54.6 Å². The summed E-state index contributed by atoms with van der Waals surface area (Å²) in [5.74, 6) is 1.57. The Bertz CT molecular complexity index is 1160. The van der Waals surface area contributed by atoms with Crippen molar-refractivity contribution in [2.24, 2.45) is 0 Å². The number of nitrogens with zero attached hydrogens (tertiary/aromatic N) is 3. The van der Waals surface area contributed by atoms with Crippen molar-refractivity contribution in [2.45, 2.75) is 17.8 Å². The van der Waals surface area contributed by atoms with Crippen LogP contribution in [0, 0.1) is 6.92 Å². The normalized spacial score (nSPS) is 10.8. The van der Waals surface area contributed by atoms with Crippen molar-refractivity contribution in [1.29, 1.82) is 0 Å². The number of carbonyl (C=O) groups excluding carboxylic acids is 1. The summed E-state index contributed by atoms with van der Waals surface area (Å²) >= 11 is 1.51. The molecule has 0 aliphatic carbocycles. The van der Waals surface area contributed by atoms with Gasteiger partial charge < -0.3 is 4.74 Å². The van der Waals surface area contributed by atoms with Gasteiger partial charge in [0.25, 0.3) is 5.91 Å². The first-order chi connectivity index (χ1) is 14.2. The molecule has 3 aromatic carbocycles. The van der Waals surface area contributed by atoms with Gasteiger partial charge in [0.05, 0.1) is 12.7 Å². The topological polar surface area (TPSA) is 69.0 Å². The van der Waals surface area contributed by atoms with Gasteiger partial charge >= 0.3 is 0 Å². The molecule has 0 atom stereocenters. The molecule has 0 bridgehead atoms. The molecule has 0 unspecified atom stereocenters. The zero-order valence-corrected chi connectivity index (χ0v) is 16.9. The van der Waals surface area contributed by atoms with Crippen LogP contribution in [0.2, 0.25) is 0 Å². The van der Waals surface area contributed by atoms with Gasteiger partial charge in [-0.1, -0.05) is 66.4 Å². The lowest BCUT2D eigenvalue weighted by Gasteiger charge is -2.13. The number of thioether (sulfide) groups is 1. The third kappa shape index (κ3) is 4.09. The van der Waals surface area contributed by atoms with Crippen molar-refractivity contribution >= 4 is 28.4 Å². The number of nitrogens with one attached hydrogen (secondary N) is 1. The summed E-state index contributed by atoms with van der Waals surface area (Å²) in [5, 5.41) is 10.9. The Morgan fingerprint density at radius 2 is 1.72 bits per heavy atom. The summed E-state index contributed by atoms with van der Waals surface area (Å²) in [7, 11) is 1.56. The smallest absolute Gasteiger partial charge is 0.274 e. The molecular formula is C22H20N4O2S. The molecule has 0 saturated carbocycles. The molecular weight excluding hydrogens is 384 g/mol. The molecule has 0 aliphatic rings. The van der Waals surface area contributed by atoms with E-state index in [-0.39, 0.29) is 5.91 Å². The molecule has 6 nitrogen and oxygen atoms in total. The molecule has 4 aromatic rings. The zero-order chi connectivity index (χ0) is 20.2. The van der Waals surface area contributed by atoms with Crippen LogP contribution < -0.4 is 10.2 Å².